The zero-order valence-corrected chi connectivity index (χ0v) is 14.5. The third-order valence-electron chi connectivity index (χ3n) is 3.83. The minimum absolute atomic E-state index is 0.0496. The van der Waals surface area contributed by atoms with Crippen LogP contribution in [-0.2, 0) is 4.79 Å². The van der Waals surface area contributed by atoms with E-state index in [0.29, 0.717) is 10.9 Å². The molecule has 0 saturated carbocycles. The van der Waals surface area contributed by atoms with Crippen molar-refractivity contribution in [3.8, 4) is 0 Å². The van der Waals surface area contributed by atoms with Gasteiger partial charge in [-0.15, -0.1) is 0 Å². The Morgan fingerprint density at radius 2 is 2.14 bits per heavy atom. The number of halogens is 1. The molecule has 1 aliphatic rings. The molecule has 1 fully saturated rings. The maximum Gasteiger partial charge on any atom is 0.216 e. The normalized spacial score (nSPS) is 15.8. The molecule has 1 heterocycles. The molecule has 2 rings (SSSR count). The van der Waals surface area contributed by atoms with E-state index in [-0.39, 0.29) is 5.91 Å². The lowest BCUT2D eigenvalue weighted by atomic mass is 9.96. The van der Waals surface area contributed by atoms with Crippen molar-refractivity contribution in [3.05, 3.63) is 28.2 Å². The summed E-state index contributed by atoms with van der Waals surface area (Å²) in [4.78, 5) is 13.7. The highest BCUT2D eigenvalue weighted by Crippen LogP contribution is 2.30. The minimum Gasteiger partial charge on any atom is -0.389 e. The van der Waals surface area contributed by atoms with Gasteiger partial charge in [0.1, 0.15) is 4.99 Å². The van der Waals surface area contributed by atoms with Gasteiger partial charge in [-0.25, -0.2) is 0 Å². The van der Waals surface area contributed by atoms with Gasteiger partial charge < -0.3 is 16.0 Å². The third-order valence-corrected chi connectivity index (χ3v) is 4.70. The summed E-state index contributed by atoms with van der Waals surface area (Å²) in [5.74, 6) is 0.619. The number of nitrogens with zero attached hydrogens (tertiary/aromatic N) is 1. The van der Waals surface area contributed by atoms with E-state index in [1.165, 1.54) is 5.69 Å². The van der Waals surface area contributed by atoms with Crippen LogP contribution in [0.4, 0.5) is 5.69 Å². The first-order chi connectivity index (χ1) is 9.97. The van der Waals surface area contributed by atoms with Gasteiger partial charge >= 0.3 is 0 Å². The Morgan fingerprint density at radius 1 is 1.48 bits per heavy atom. The molecule has 0 spiro atoms. The van der Waals surface area contributed by atoms with Crippen LogP contribution in [0.15, 0.2) is 22.7 Å². The topological polar surface area (TPSA) is 58.4 Å². The van der Waals surface area contributed by atoms with Crippen LogP contribution in [-0.4, -0.2) is 30.5 Å². The van der Waals surface area contributed by atoms with Crippen molar-refractivity contribution in [1.82, 2.24) is 5.32 Å². The number of nitrogens with one attached hydrogen (secondary N) is 1. The van der Waals surface area contributed by atoms with Crippen LogP contribution in [0.3, 0.4) is 0 Å². The fourth-order valence-corrected chi connectivity index (χ4v) is 3.34. The first-order valence-corrected chi connectivity index (χ1v) is 8.26. The van der Waals surface area contributed by atoms with Gasteiger partial charge in [-0.05, 0) is 52.9 Å². The molecule has 1 aliphatic heterocycles. The van der Waals surface area contributed by atoms with E-state index in [1.54, 1.807) is 6.92 Å². The fourth-order valence-electron chi connectivity index (χ4n) is 2.58. The standard InChI is InChI=1S/C15H20BrN3OS/c1-10(20)18-9-11-4-6-19(7-5-11)14-3-2-12(15(17)21)8-13(14)16/h2-3,8,11H,4-7,9H2,1H3,(H2,17,21)(H,18,20). The average Bonchev–Trinajstić information content (AvgIpc) is 2.45. The van der Waals surface area contributed by atoms with E-state index in [9.17, 15) is 4.79 Å². The Kier molecular flexibility index (Phi) is 5.58. The van der Waals surface area contributed by atoms with E-state index in [0.717, 1.165) is 42.5 Å². The van der Waals surface area contributed by atoms with Crippen molar-refractivity contribution in [2.45, 2.75) is 19.8 Å². The highest BCUT2D eigenvalue weighted by Gasteiger charge is 2.21. The second-order valence-electron chi connectivity index (χ2n) is 5.40. The summed E-state index contributed by atoms with van der Waals surface area (Å²) >= 11 is 8.60. The maximum absolute atomic E-state index is 11.0. The molecular weight excluding hydrogens is 350 g/mol. The van der Waals surface area contributed by atoms with E-state index >= 15 is 0 Å². The van der Waals surface area contributed by atoms with Gasteiger partial charge in [0.05, 0.1) is 5.69 Å². The van der Waals surface area contributed by atoms with Crippen molar-refractivity contribution in [3.63, 3.8) is 0 Å². The first kappa shape index (κ1) is 16.2. The highest BCUT2D eigenvalue weighted by atomic mass is 79.9. The summed E-state index contributed by atoms with van der Waals surface area (Å²) in [6.07, 6.45) is 2.17. The number of thiocarbonyl (C=S) groups is 1. The molecule has 0 atom stereocenters. The molecule has 0 radical (unpaired) electrons. The molecule has 4 nitrogen and oxygen atoms in total. The number of hydrogen-bond donors (Lipinski definition) is 2. The van der Waals surface area contributed by atoms with Crippen LogP contribution in [0, 0.1) is 5.92 Å². The Labute approximate surface area is 139 Å². The second kappa shape index (κ2) is 7.22. The number of nitrogens with two attached hydrogens (primary N) is 1. The summed E-state index contributed by atoms with van der Waals surface area (Å²) in [6.45, 7) is 4.34. The lowest BCUT2D eigenvalue weighted by Crippen LogP contribution is -2.38. The molecule has 1 amide bonds. The molecule has 3 N–H and O–H groups in total. The molecule has 0 unspecified atom stereocenters. The monoisotopic (exact) mass is 369 g/mol. The van der Waals surface area contributed by atoms with Gasteiger partial charge in [0.15, 0.2) is 0 Å². The number of piperidine rings is 1. The van der Waals surface area contributed by atoms with Crippen molar-refractivity contribution in [1.29, 1.82) is 0 Å². The van der Waals surface area contributed by atoms with Crippen LogP contribution in [0.1, 0.15) is 25.3 Å². The molecule has 21 heavy (non-hydrogen) atoms. The van der Waals surface area contributed by atoms with E-state index in [4.69, 9.17) is 18.0 Å². The van der Waals surface area contributed by atoms with E-state index in [2.05, 4.69) is 32.2 Å². The van der Waals surface area contributed by atoms with E-state index < -0.39 is 0 Å². The van der Waals surface area contributed by atoms with Gasteiger partial charge in [-0.2, -0.15) is 0 Å². The number of rotatable bonds is 4. The van der Waals surface area contributed by atoms with Crippen LogP contribution in [0.5, 0.6) is 0 Å². The highest BCUT2D eigenvalue weighted by molar-refractivity contribution is 9.10. The predicted molar refractivity (Wildman–Crippen MR) is 93.7 cm³/mol. The van der Waals surface area contributed by atoms with Crippen LogP contribution in [0.25, 0.3) is 0 Å². The van der Waals surface area contributed by atoms with Gasteiger partial charge in [0.2, 0.25) is 5.91 Å². The minimum atomic E-state index is 0.0496. The molecule has 114 valence electrons. The zero-order chi connectivity index (χ0) is 15.4. The van der Waals surface area contributed by atoms with Crippen molar-refractivity contribution < 1.29 is 4.79 Å². The molecule has 0 bridgehead atoms. The molecule has 0 aliphatic carbocycles. The Balaban J connectivity index is 1.96. The number of carbonyl (C=O) groups is 1. The Morgan fingerprint density at radius 3 is 2.67 bits per heavy atom. The predicted octanol–water partition coefficient (Wildman–Crippen LogP) is 2.44. The Hall–Kier alpha value is -1.14. The van der Waals surface area contributed by atoms with E-state index in [1.807, 2.05) is 12.1 Å². The summed E-state index contributed by atoms with van der Waals surface area (Å²) in [7, 11) is 0. The number of hydrogen-bond acceptors (Lipinski definition) is 3. The maximum atomic E-state index is 11.0. The number of amides is 1. The van der Waals surface area contributed by atoms with Crippen molar-refractivity contribution in [2.75, 3.05) is 24.5 Å². The molecule has 1 aromatic carbocycles. The summed E-state index contributed by atoms with van der Waals surface area (Å²) in [5, 5.41) is 2.91. The van der Waals surface area contributed by atoms with Crippen LogP contribution in [0.2, 0.25) is 0 Å². The Bertz CT molecular complexity index is 542. The first-order valence-electron chi connectivity index (χ1n) is 7.06. The molecule has 1 saturated heterocycles. The molecule has 1 aromatic rings. The fraction of sp³-hybridized carbons (Fsp3) is 0.467. The average molecular weight is 370 g/mol. The van der Waals surface area contributed by atoms with Crippen LogP contribution < -0.4 is 16.0 Å². The lowest BCUT2D eigenvalue weighted by molar-refractivity contribution is -0.119. The van der Waals surface area contributed by atoms with Gasteiger partial charge in [-0.1, -0.05) is 12.2 Å². The smallest absolute Gasteiger partial charge is 0.216 e. The summed E-state index contributed by atoms with van der Waals surface area (Å²) in [5.41, 5.74) is 7.70. The largest absolute Gasteiger partial charge is 0.389 e. The van der Waals surface area contributed by atoms with Crippen molar-refractivity contribution in [2.24, 2.45) is 11.7 Å². The number of carbonyl (C=O) groups excluding carboxylic acids is 1. The number of anilines is 1. The third kappa shape index (κ3) is 4.41. The van der Waals surface area contributed by atoms with Crippen molar-refractivity contribution >= 4 is 44.7 Å². The molecule has 0 aromatic heterocycles. The second-order valence-corrected chi connectivity index (χ2v) is 6.69. The number of benzene rings is 1. The van der Waals surface area contributed by atoms with Gasteiger partial charge in [0, 0.05) is 36.6 Å². The summed E-state index contributed by atoms with van der Waals surface area (Å²) < 4.78 is 1.02. The van der Waals surface area contributed by atoms with Gasteiger partial charge in [0.25, 0.3) is 0 Å². The van der Waals surface area contributed by atoms with Crippen LogP contribution >= 0.6 is 28.1 Å². The lowest BCUT2D eigenvalue weighted by Gasteiger charge is -2.34. The summed E-state index contributed by atoms with van der Waals surface area (Å²) in [6, 6.07) is 6.00. The quantitative estimate of drug-likeness (QED) is 0.800. The molecule has 6 heteroatoms. The van der Waals surface area contributed by atoms with Gasteiger partial charge in [-0.3, -0.25) is 4.79 Å². The SMILES string of the molecule is CC(=O)NCC1CCN(c2ccc(C(N)=S)cc2Br)CC1. The zero-order valence-electron chi connectivity index (χ0n) is 12.1. The molecular formula is C15H20BrN3OS.